The van der Waals surface area contributed by atoms with Gasteiger partial charge in [-0.3, -0.25) is 4.79 Å². The van der Waals surface area contributed by atoms with E-state index in [4.69, 9.17) is 18.9 Å². The average Bonchev–Trinajstić information content (AvgIpc) is 2.77. The lowest BCUT2D eigenvalue weighted by molar-refractivity contribution is -0.145. The van der Waals surface area contributed by atoms with E-state index in [1.54, 1.807) is 0 Å². The van der Waals surface area contributed by atoms with Gasteiger partial charge in [-0.25, -0.2) is 0 Å². The molecule has 0 aliphatic heterocycles. The molecule has 0 aliphatic rings. The fraction of sp³-hybridized carbons (Fsp3) is 0.962. The minimum atomic E-state index is -0.106. The van der Waals surface area contributed by atoms with E-state index in [2.05, 4.69) is 13.8 Å². The number of hydrogen-bond donors (Lipinski definition) is 0. The Morgan fingerprint density at radius 1 is 0.452 bits per heavy atom. The predicted molar refractivity (Wildman–Crippen MR) is 129 cm³/mol. The zero-order valence-electron chi connectivity index (χ0n) is 20.8. The van der Waals surface area contributed by atoms with Crippen LogP contribution in [0, 0.1) is 0 Å². The second kappa shape index (κ2) is 27.4. The summed E-state index contributed by atoms with van der Waals surface area (Å²) in [6, 6.07) is 0. The maximum Gasteiger partial charge on any atom is 0.305 e. The SMILES string of the molecule is CCCCCCCCCCCC(=O)OCCOCCOCCOCCCCCCCC. The molecule has 0 aliphatic carbocycles. The number of unbranched alkanes of at least 4 members (excludes halogenated alkanes) is 13. The molecule has 0 aromatic rings. The molecule has 0 bridgehead atoms. The van der Waals surface area contributed by atoms with Crippen LogP contribution in [0.4, 0.5) is 0 Å². The topological polar surface area (TPSA) is 54.0 Å². The fourth-order valence-electron chi connectivity index (χ4n) is 3.39. The molecule has 0 radical (unpaired) electrons. The van der Waals surface area contributed by atoms with Crippen LogP contribution in [0.1, 0.15) is 117 Å². The summed E-state index contributed by atoms with van der Waals surface area (Å²) in [7, 11) is 0. The van der Waals surface area contributed by atoms with Crippen molar-refractivity contribution in [1.29, 1.82) is 0 Å². The number of hydrogen-bond acceptors (Lipinski definition) is 5. The molecule has 0 unspecified atom stereocenters. The van der Waals surface area contributed by atoms with Gasteiger partial charge in [-0.1, -0.05) is 97.3 Å². The Balaban J connectivity index is 3.12. The van der Waals surface area contributed by atoms with Crippen LogP contribution in [0.5, 0.6) is 0 Å². The molecule has 5 nitrogen and oxygen atoms in total. The van der Waals surface area contributed by atoms with Gasteiger partial charge >= 0.3 is 5.97 Å². The normalized spacial score (nSPS) is 11.2. The molecule has 186 valence electrons. The highest BCUT2D eigenvalue weighted by Gasteiger charge is 2.02. The first-order valence-electron chi connectivity index (χ1n) is 13.2. The van der Waals surface area contributed by atoms with E-state index >= 15 is 0 Å². The maximum absolute atomic E-state index is 11.7. The summed E-state index contributed by atoms with van der Waals surface area (Å²) in [5.74, 6) is -0.106. The summed E-state index contributed by atoms with van der Waals surface area (Å²) in [5.41, 5.74) is 0. The molecule has 0 fully saturated rings. The van der Waals surface area contributed by atoms with E-state index in [9.17, 15) is 4.79 Å². The summed E-state index contributed by atoms with van der Waals surface area (Å²) in [6.07, 6.45) is 19.5. The number of ether oxygens (including phenoxy) is 4. The van der Waals surface area contributed by atoms with Crippen molar-refractivity contribution in [3.05, 3.63) is 0 Å². The monoisotopic (exact) mass is 444 g/mol. The molecule has 0 saturated heterocycles. The predicted octanol–water partition coefficient (Wildman–Crippen LogP) is 6.86. The molecule has 0 aromatic carbocycles. The molecule has 0 spiro atoms. The second-order valence-corrected chi connectivity index (χ2v) is 8.40. The van der Waals surface area contributed by atoms with Gasteiger partial charge in [0.15, 0.2) is 0 Å². The minimum Gasteiger partial charge on any atom is -0.463 e. The lowest BCUT2D eigenvalue weighted by Gasteiger charge is -2.08. The van der Waals surface area contributed by atoms with E-state index < -0.39 is 0 Å². The standard InChI is InChI=1S/C26H52O5/c1-3-5-7-9-11-12-13-14-16-18-26(27)31-25-24-30-23-22-29-21-20-28-19-17-15-10-8-6-4-2/h3-25H2,1-2H3. The van der Waals surface area contributed by atoms with Crippen molar-refractivity contribution in [3.8, 4) is 0 Å². The summed E-state index contributed by atoms with van der Waals surface area (Å²) in [4.78, 5) is 11.7. The van der Waals surface area contributed by atoms with E-state index in [-0.39, 0.29) is 5.97 Å². The van der Waals surface area contributed by atoms with Gasteiger partial charge in [-0.15, -0.1) is 0 Å². The third-order valence-electron chi connectivity index (χ3n) is 5.36. The first kappa shape index (κ1) is 30.4. The number of carbonyl (C=O) groups is 1. The largest absolute Gasteiger partial charge is 0.463 e. The van der Waals surface area contributed by atoms with Gasteiger partial charge < -0.3 is 18.9 Å². The van der Waals surface area contributed by atoms with Crippen LogP contribution in [-0.2, 0) is 23.7 Å². The van der Waals surface area contributed by atoms with Crippen molar-refractivity contribution in [3.63, 3.8) is 0 Å². The molecule has 0 saturated carbocycles. The summed E-state index contributed by atoms with van der Waals surface area (Å²) < 4.78 is 21.7. The second-order valence-electron chi connectivity index (χ2n) is 8.40. The molecule has 0 rings (SSSR count). The molecule has 0 heterocycles. The Morgan fingerprint density at radius 3 is 1.35 bits per heavy atom. The van der Waals surface area contributed by atoms with Crippen molar-refractivity contribution in [2.75, 3.05) is 46.2 Å². The highest BCUT2D eigenvalue weighted by molar-refractivity contribution is 5.69. The van der Waals surface area contributed by atoms with Crippen LogP contribution in [0.15, 0.2) is 0 Å². The first-order valence-corrected chi connectivity index (χ1v) is 13.2. The fourth-order valence-corrected chi connectivity index (χ4v) is 3.39. The van der Waals surface area contributed by atoms with Gasteiger partial charge in [-0.2, -0.15) is 0 Å². The van der Waals surface area contributed by atoms with Crippen LogP contribution in [0.2, 0.25) is 0 Å². The van der Waals surface area contributed by atoms with Crippen molar-refractivity contribution >= 4 is 5.97 Å². The van der Waals surface area contributed by atoms with Gasteiger partial charge in [0.2, 0.25) is 0 Å². The minimum absolute atomic E-state index is 0.106. The molecule has 0 N–H and O–H groups in total. The molecule has 0 aromatic heterocycles. The summed E-state index contributed by atoms with van der Waals surface area (Å²) in [6.45, 7) is 8.39. The lowest BCUT2D eigenvalue weighted by atomic mass is 10.1. The Morgan fingerprint density at radius 2 is 0.839 bits per heavy atom. The molecular formula is C26H52O5. The van der Waals surface area contributed by atoms with Crippen molar-refractivity contribution < 1.29 is 23.7 Å². The zero-order chi connectivity index (χ0) is 22.7. The Labute approximate surface area is 192 Å². The number of esters is 1. The van der Waals surface area contributed by atoms with E-state index in [0.717, 1.165) is 25.9 Å². The van der Waals surface area contributed by atoms with Crippen LogP contribution < -0.4 is 0 Å². The van der Waals surface area contributed by atoms with Crippen LogP contribution in [0.3, 0.4) is 0 Å². The van der Waals surface area contributed by atoms with Gasteiger partial charge in [0, 0.05) is 13.0 Å². The highest BCUT2D eigenvalue weighted by atomic mass is 16.6. The first-order chi connectivity index (χ1) is 15.3. The van der Waals surface area contributed by atoms with Crippen molar-refractivity contribution in [2.24, 2.45) is 0 Å². The number of rotatable bonds is 26. The Kier molecular flexibility index (Phi) is 26.8. The third-order valence-corrected chi connectivity index (χ3v) is 5.36. The Bertz CT molecular complexity index is 349. The van der Waals surface area contributed by atoms with E-state index in [1.807, 2.05) is 0 Å². The quantitative estimate of drug-likeness (QED) is 0.108. The highest BCUT2D eigenvalue weighted by Crippen LogP contribution is 2.10. The average molecular weight is 445 g/mol. The van der Waals surface area contributed by atoms with E-state index in [1.165, 1.54) is 77.0 Å². The maximum atomic E-state index is 11.7. The van der Waals surface area contributed by atoms with Gasteiger partial charge in [-0.05, 0) is 12.8 Å². The molecule has 0 amide bonds. The smallest absolute Gasteiger partial charge is 0.305 e. The van der Waals surface area contributed by atoms with E-state index in [0.29, 0.717) is 46.1 Å². The third kappa shape index (κ3) is 27.3. The molecule has 0 atom stereocenters. The Hall–Kier alpha value is -0.650. The van der Waals surface area contributed by atoms with Crippen molar-refractivity contribution in [2.45, 2.75) is 117 Å². The van der Waals surface area contributed by atoms with Gasteiger partial charge in [0.25, 0.3) is 0 Å². The lowest BCUT2D eigenvalue weighted by Crippen LogP contribution is -2.14. The summed E-state index contributed by atoms with van der Waals surface area (Å²) in [5, 5.41) is 0. The van der Waals surface area contributed by atoms with Crippen molar-refractivity contribution in [1.82, 2.24) is 0 Å². The summed E-state index contributed by atoms with van der Waals surface area (Å²) >= 11 is 0. The molecular weight excluding hydrogens is 392 g/mol. The van der Waals surface area contributed by atoms with Gasteiger partial charge in [0.05, 0.1) is 33.0 Å². The van der Waals surface area contributed by atoms with Gasteiger partial charge in [0.1, 0.15) is 6.61 Å². The zero-order valence-corrected chi connectivity index (χ0v) is 20.8. The van der Waals surface area contributed by atoms with Crippen LogP contribution in [-0.4, -0.2) is 52.2 Å². The number of carbonyl (C=O) groups excluding carboxylic acids is 1. The molecule has 5 heteroatoms. The van der Waals surface area contributed by atoms with Crippen LogP contribution >= 0.6 is 0 Å². The molecule has 31 heavy (non-hydrogen) atoms. The van der Waals surface area contributed by atoms with Crippen LogP contribution in [0.25, 0.3) is 0 Å².